The standard InChI is InChI=1S/C19H40N2/c1-8-10-12-16(11-9-2)21-14-18(19(5,6)7)20-13-17(21)15(3)4/h15-18,20H,8-14H2,1-7H3. The minimum atomic E-state index is 0.349. The molecule has 0 spiro atoms. The van der Waals surface area contributed by atoms with Gasteiger partial charge >= 0.3 is 0 Å². The normalized spacial score (nSPS) is 26.3. The van der Waals surface area contributed by atoms with Crippen LogP contribution >= 0.6 is 0 Å². The van der Waals surface area contributed by atoms with Gasteiger partial charge in [-0.25, -0.2) is 0 Å². The third-order valence-electron chi connectivity index (χ3n) is 5.19. The van der Waals surface area contributed by atoms with Crippen LogP contribution in [0.5, 0.6) is 0 Å². The summed E-state index contributed by atoms with van der Waals surface area (Å²) in [6.07, 6.45) is 6.74. The van der Waals surface area contributed by atoms with Crippen LogP contribution in [0.3, 0.4) is 0 Å². The molecule has 0 aromatic heterocycles. The molecule has 21 heavy (non-hydrogen) atoms. The molecule has 3 atom stereocenters. The summed E-state index contributed by atoms with van der Waals surface area (Å²) in [5, 5.41) is 3.83. The van der Waals surface area contributed by atoms with Crippen molar-refractivity contribution in [1.82, 2.24) is 10.2 Å². The van der Waals surface area contributed by atoms with E-state index in [2.05, 4.69) is 58.7 Å². The summed E-state index contributed by atoms with van der Waals surface area (Å²) < 4.78 is 0. The van der Waals surface area contributed by atoms with Crippen molar-refractivity contribution < 1.29 is 0 Å². The van der Waals surface area contributed by atoms with Crippen LogP contribution in [0.1, 0.15) is 80.6 Å². The molecule has 1 N–H and O–H groups in total. The number of nitrogens with zero attached hydrogens (tertiary/aromatic N) is 1. The van der Waals surface area contributed by atoms with Gasteiger partial charge in [0.05, 0.1) is 0 Å². The second-order valence-electron chi connectivity index (χ2n) is 8.42. The summed E-state index contributed by atoms with van der Waals surface area (Å²) in [6, 6.07) is 2.11. The van der Waals surface area contributed by atoms with E-state index in [9.17, 15) is 0 Å². The molecule has 126 valence electrons. The number of hydrogen-bond acceptors (Lipinski definition) is 2. The summed E-state index contributed by atoms with van der Waals surface area (Å²) in [6.45, 7) is 18.9. The van der Waals surface area contributed by atoms with E-state index in [0.29, 0.717) is 17.5 Å². The monoisotopic (exact) mass is 296 g/mol. The second-order valence-corrected chi connectivity index (χ2v) is 8.42. The van der Waals surface area contributed by atoms with E-state index in [4.69, 9.17) is 0 Å². The SMILES string of the molecule is CCCCC(CCC)N1CC(C(C)(C)C)NCC1C(C)C. The fraction of sp³-hybridized carbons (Fsp3) is 1.00. The first kappa shape index (κ1) is 19.0. The molecule has 0 aromatic rings. The molecule has 1 fully saturated rings. The molecule has 1 aliphatic heterocycles. The smallest absolute Gasteiger partial charge is 0.0247 e. The zero-order valence-corrected chi connectivity index (χ0v) is 15.7. The fourth-order valence-electron chi connectivity index (χ4n) is 3.66. The maximum Gasteiger partial charge on any atom is 0.0247 e. The van der Waals surface area contributed by atoms with Gasteiger partial charge in [-0.2, -0.15) is 0 Å². The third-order valence-corrected chi connectivity index (χ3v) is 5.19. The lowest BCUT2D eigenvalue weighted by molar-refractivity contribution is 0.0221. The molecule has 0 amide bonds. The first-order chi connectivity index (χ1) is 9.81. The van der Waals surface area contributed by atoms with E-state index in [1.54, 1.807) is 0 Å². The average molecular weight is 297 g/mol. The van der Waals surface area contributed by atoms with Gasteiger partial charge in [0.1, 0.15) is 0 Å². The quantitative estimate of drug-likeness (QED) is 0.733. The van der Waals surface area contributed by atoms with Crippen LogP contribution in [0.15, 0.2) is 0 Å². The van der Waals surface area contributed by atoms with E-state index >= 15 is 0 Å². The van der Waals surface area contributed by atoms with Crippen LogP contribution in [0.2, 0.25) is 0 Å². The number of unbranched alkanes of at least 4 members (excludes halogenated alkanes) is 1. The summed E-state index contributed by atoms with van der Waals surface area (Å²) in [7, 11) is 0. The molecular formula is C19H40N2. The Hall–Kier alpha value is -0.0800. The molecule has 2 nitrogen and oxygen atoms in total. The highest BCUT2D eigenvalue weighted by Crippen LogP contribution is 2.29. The highest BCUT2D eigenvalue weighted by atomic mass is 15.3. The molecular weight excluding hydrogens is 256 g/mol. The maximum absolute atomic E-state index is 3.83. The largest absolute Gasteiger partial charge is 0.311 e. The van der Waals surface area contributed by atoms with E-state index in [-0.39, 0.29) is 0 Å². The van der Waals surface area contributed by atoms with Gasteiger partial charge in [-0.3, -0.25) is 4.90 Å². The Morgan fingerprint density at radius 1 is 1.10 bits per heavy atom. The van der Waals surface area contributed by atoms with Gasteiger partial charge < -0.3 is 5.32 Å². The molecule has 0 bridgehead atoms. The van der Waals surface area contributed by atoms with Crippen molar-refractivity contribution in [2.45, 2.75) is 98.7 Å². The second kappa shape index (κ2) is 8.53. The molecule has 0 aromatic carbocycles. The Bertz CT molecular complexity index is 280. The minimum absolute atomic E-state index is 0.349. The Labute approximate surface area is 134 Å². The van der Waals surface area contributed by atoms with E-state index in [1.807, 2.05) is 0 Å². The van der Waals surface area contributed by atoms with Gasteiger partial charge in [0, 0.05) is 31.2 Å². The molecule has 0 saturated carbocycles. The number of hydrogen-bond donors (Lipinski definition) is 1. The zero-order valence-electron chi connectivity index (χ0n) is 15.7. The Morgan fingerprint density at radius 2 is 1.76 bits per heavy atom. The van der Waals surface area contributed by atoms with Crippen molar-refractivity contribution in [2.75, 3.05) is 13.1 Å². The van der Waals surface area contributed by atoms with Crippen molar-refractivity contribution in [3.05, 3.63) is 0 Å². The number of piperazine rings is 1. The van der Waals surface area contributed by atoms with Crippen molar-refractivity contribution in [1.29, 1.82) is 0 Å². The van der Waals surface area contributed by atoms with Crippen molar-refractivity contribution in [3.63, 3.8) is 0 Å². The van der Waals surface area contributed by atoms with E-state index in [1.165, 1.54) is 38.6 Å². The minimum Gasteiger partial charge on any atom is -0.311 e. The van der Waals surface area contributed by atoms with Gasteiger partial charge in [-0.15, -0.1) is 0 Å². The first-order valence-electron chi connectivity index (χ1n) is 9.30. The maximum atomic E-state index is 3.83. The predicted octanol–water partition coefficient (Wildman–Crippen LogP) is 4.69. The molecule has 0 aliphatic carbocycles. The van der Waals surface area contributed by atoms with Crippen LogP contribution in [-0.4, -0.2) is 36.1 Å². The van der Waals surface area contributed by atoms with Gasteiger partial charge in [-0.1, -0.05) is 67.7 Å². The van der Waals surface area contributed by atoms with Crippen molar-refractivity contribution in [3.8, 4) is 0 Å². The lowest BCUT2D eigenvalue weighted by Gasteiger charge is -2.49. The highest BCUT2D eigenvalue weighted by Gasteiger charge is 2.37. The van der Waals surface area contributed by atoms with Crippen molar-refractivity contribution in [2.24, 2.45) is 11.3 Å². The topological polar surface area (TPSA) is 15.3 Å². The lowest BCUT2D eigenvalue weighted by atomic mass is 9.82. The number of nitrogens with one attached hydrogen (secondary N) is 1. The van der Waals surface area contributed by atoms with Crippen LogP contribution in [0.4, 0.5) is 0 Å². The Morgan fingerprint density at radius 3 is 2.24 bits per heavy atom. The van der Waals surface area contributed by atoms with Gasteiger partial charge in [0.2, 0.25) is 0 Å². The van der Waals surface area contributed by atoms with Gasteiger partial charge in [-0.05, 0) is 24.2 Å². The summed E-state index contributed by atoms with van der Waals surface area (Å²) >= 11 is 0. The molecule has 0 radical (unpaired) electrons. The van der Waals surface area contributed by atoms with Crippen LogP contribution in [-0.2, 0) is 0 Å². The average Bonchev–Trinajstić information content (AvgIpc) is 2.41. The zero-order chi connectivity index (χ0) is 16.0. The molecule has 1 rings (SSSR count). The third kappa shape index (κ3) is 5.56. The molecule has 3 unspecified atom stereocenters. The van der Waals surface area contributed by atoms with Crippen molar-refractivity contribution >= 4 is 0 Å². The van der Waals surface area contributed by atoms with Gasteiger partial charge in [0.25, 0.3) is 0 Å². The van der Waals surface area contributed by atoms with E-state index < -0.39 is 0 Å². The summed E-state index contributed by atoms with van der Waals surface area (Å²) in [5.41, 5.74) is 0.349. The highest BCUT2D eigenvalue weighted by molar-refractivity contribution is 4.95. The molecule has 1 saturated heterocycles. The summed E-state index contributed by atoms with van der Waals surface area (Å²) in [4.78, 5) is 2.87. The first-order valence-corrected chi connectivity index (χ1v) is 9.30. The van der Waals surface area contributed by atoms with Crippen LogP contribution < -0.4 is 5.32 Å². The van der Waals surface area contributed by atoms with Crippen LogP contribution in [0, 0.1) is 11.3 Å². The number of rotatable bonds is 7. The summed E-state index contributed by atoms with van der Waals surface area (Å²) in [5.74, 6) is 0.736. The predicted molar refractivity (Wildman–Crippen MR) is 94.8 cm³/mol. The fourth-order valence-corrected chi connectivity index (χ4v) is 3.66. The Balaban J connectivity index is 2.85. The van der Waals surface area contributed by atoms with Crippen LogP contribution in [0.25, 0.3) is 0 Å². The molecule has 2 heteroatoms. The molecule has 1 heterocycles. The lowest BCUT2D eigenvalue weighted by Crippen LogP contribution is -2.63. The van der Waals surface area contributed by atoms with E-state index in [0.717, 1.165) is 18.5 Å². The van der Waals surface area contributed by atoms with Gasteiger partial charge in [0.15, 0.2) is 0 Å². The molecule has 1 aliphatic rings. The Kier molecular flexibility index (Phi) is 7.70.